The van der Waals surface area contributed by atoms with Gasteiger partial charge >= 0.3 is 5.97 Å². The van der Waals surface area contributed by atoms with Crippen LogP contribution in [0, 0.1) is 5.92 Å². The average Bonchev–Trinajstić information content (AvgIpc) is 2.69. The Bertz CT molecular complexity index is 355. The first-order chi connectivity index (χ1) is 8.43. The highest BCUT2D eigenvalue weighted by Gasteiger charge is 2.31. The summed E-state index contributed by atoms with van der Waals surface area (Å²) in [5.74, 6) is -1.10. The van der Waals surface area contributed by atoms with Gasteiger partial charge in [-0.05, 0) is 20.3 Å². The number of carbonyl (C=O) groups is 1. The molecule has 0 aromatic heterocycles. The smallest absolute Gasteiger partial charge is 0.304 e. The van der Waals surface area contributed by atoms with E-state index in [0.29, 0.717) is 11.7 Å². The number of aliphatic hydroxyl groups is 1. The molecule has 0 amide bonds. The third-order valence-electron chi connectivity index (χ3n) is 2.68. The number of hydrogen-bond acceptors (Lipinski definition) is 5. The molecule has 1 rings (SSSR count). The van der Waals surface area contributed by atoms with Crippen LogP contribution in [0.25, 0.3) is 0 Å². The van der Waals surface area contributed by atoms with E-state index in [1.165, 1.54) is 0 Å². The molecule has 6 heteroatoms. The van der Waals surface area contributed by atoms with Crippen molar-refractivity contribution in [1.82, 2.24) is 0 Å². The van der Waals surface area contributed by atoms with Crippen molar-refractivity contribution in [2.24, 2.45) is 15.9 Å². The van der Waals surface area contributed by atoms with Crippen molar-refractivity contribution < 1.29 is 15.0 Å². The Labute approximate surface area is 111 Å². The van der Waals surface area contributed by atoms with Crippen molar-refractivity contribution in [3.63, 3.8) is 0 Å². The molecule has 0 saturated heterocycles. The predicted molar refractivity (Wildman–Crippen MR) is 74.5 cm³/mol. The summed E-state index contributed by atoms with van der Waals surface area (Å²) >= 11 is 1.64. The van der Waals surface area contributed by atoms with E-state index in [1.54, 1.807) is 18.7 Å². The summed E-state index contributed by atoms with van der Waals surface area (Å²) in [5, 5.41) is 18.6. The van der Waals surface area contributed by atoms with E-state index in [9.17, 15) is 9.90 Å². The van der Waals surface area contributed by atoms with E-state index in [2.05, 4.69) is 9.98 Å². The van der Waals surface area contributed by atoms with Crippen molar-refractivity contribution in [3.05, 3.63) is 0 Å². The molecule has 0 spiro atoms. The standard InChI is InChI=1S/C12H20N2O3S/c1-4-10(14-8(3)15)9(5-11(16)17)12-13-6-7(2)18-12/h6-9,12,15H,4-5H2,1-3H3,(H,16,17). The first-order valence-electron chi connectivity index (χ1n) is 6.09. The monoisotopic (exact) mass is 272 g/mol. The molecule has 1 aliphatic heterocycles. The zero-order valence-corrected chi connectivity index (χ0v) is 11.7. The van der Waals surface area contributed by atoms with Crippen LogP contribution < -0.4 is 0 Å². The maximum Gasteiger partial charge on any atom is 0.304 e. The second-order valence-corrected chi connectivity index (χ2v) is 5.84. The van der Waals surface area contributed by atoms with Gasteiger partial charge in [-0.1, -0.05) is 6.92 Å². The van der Waals surface area contributed by atoms with Crippen molar-refractivity contribution in [1.29, 1.82) is 0 Å². The minimum Gasteiger partial charge on any atom is -0.481 e. The summed E-state index contributed by atoms with van der Waals surface area (Å²) in [7, 11) is 0. The molecule has 2 N–H and O–H groups in total. The number of rotatable bonds is 6. The molecule has 0 saturated carbocycles. The van der Waals surface area contributed by atoms with Gasteiger partial charge in [0.1, 0.15) is 11.6 Å². The van der Waals surface area contributed by atoms with Crippen LogP contribution in [0.2, 0.25) is 0 Å². The zero-order valence-electron chi connectivity index (χ0n) is 10.9. The first kappa shape index (κ1) is 15.2. The van der Waals surface area contributed by atoms with Gasteiger partial charge in [-0.25, -0.2) is 0 Å². The molecule has 1 heterocycles. The number of aliphatic hydroxyl groups excluding tert-OH is 1. The topological polar surface area (TPSA) is 82.2 Å². The summed E-state index contributed by atoms with van der Waals surface area (Å²) in [6.07, 6.45) is 1.68. The molecule has 4 unspecified atom stereocenters. The maximum absolute atomic E-state index is 11.0. The van der Waals surface area contributed by atoms with Gasteiger partial charge in [0.15, 0.2) is 0 Å². The third-order valence-corrected chi connectivity index (χ3v) is 3.96. The van der Waals surface area contributed by atoms with Crippen molar-refractivity contribution in [3.8, 4) is 0 Å². The highest BCUT2D eigenvalue weighted by atomic mass is 32.2. The molecule has 0 aromatic carbocycles. The fourth-order valence-electron chi connectivity index (χ4n) is 1.96. The normalized spacial score (nSPS) is 27.2. The van der Waals surface area contributed by atoms with E-state index in [-0.39, 0.29) is 17.7 Å². The molecular formula is C12H20N2O3S. The highest BCUT2D eigenvalue weighted by Crippen LogP contribution is 2.33. The van der Waals surface area contributed by atoms with Crippen LogP contribution in [0.3, 0.4) is 0 Å². The number of aliphatic carboxylic acids is 1. The molecule has 5 nitrogen and oxygen atoms in total. The second kappa shape index (κ2) is 6.89. The van der Waals surface area contributed by atoms with Crippen molar-refractivity contribution >= 4 is 29.7 Å². The Balaban J connectivity index is 2.89. The number of hydrogen-bond donors (Lipinski definition) is 2. The molecule has 102 valence electrons. The lowest BCUT2D eigenvalue weighted by atomic mass is 9.97. The minimum absolute atomic E-state index is 0.00111. The molecule has 0 fully saturated rings. The van der Waals surface area contributed by atoms with Crippen LogP contribution in [0.4, 0.5) is 0 Å². The number of nitrogens with zero attached hydrogens (tertiary/aromatic N) is 2. The Morgan fingerprint density at radius 1 is 1.61 bits per heavy atom. The minimum atomic E-state index is -0.859. The van der Waals surface area contributed by atoms with Crippen molar-refractivity contribution in [2.75, 3.05) is 0 Å². The van der Waals surface area contributed by atoms with Gasteiger partial charge in [0.05, 0.1) is 6.42 Å². The molecule has 0 aliphatic carbocycles. The highest BCUT2D eigenvalue weighted by molar-refractivity contribution is 8.01. The molecular weight excluding hydrogens is 252 g/mol. The fraction of sp³-hybridized carbons (Fsp3) is 0.750. The van der Waals surface area contributed by atoms with Gasteiger partial charge < -0.3 is 10.2 Å². The lowest BCUT2D eigenvalue weighted by Gasteiger charge is -2.22. The largest absolute Gasteiger partial charge is 0.481 e. The molecule has 0 aromatic rings. The summed E-state index contributed by atoms with van der Waals surface area (Å²) in [4.78, 5) is 19.5. The van der Waals surface area contributed by atoms with E-state index in [0.717, 1.165) is 5.71 Å². The quantitative estimate of drug-likeness (QED) is 0.722. The van der Waals surface area contributed by atoms with Crippen LogP contribution in [-0.4, -0.2) is 45.0 Å². The van der Waals surface area contributed by atoms with E-state index in [1.807, 2.05) is 20.1 Å². The van der Waals surface area contributed by atoms with Crippen LogP contribution in [0.5, 0.6) is 0 Å². The van der Waals surface area contributed by atoms with Gasteiger partial charge in [0.2, 0.25) is 0 Å². The molecule has 4 atom stereocenters. The van der Waals surface area contributed by atoms with E-state index < -0.39 is 12.2 Å². The Morgan fingerprint density at radius 3 is 2.67 bits per heavy atom. The van der Waals surface area contributed by atoms with Crippen LogP contribution in [0.1, 0.15) is 33.6 Å². The third kappa shape index (κ3) is 4.42. The van der Waals surface area contributed by atoms with Gasteiger partial charge in [-0.15, -0.1) is 11.8 Å². The Hall–Kier alpha value is -0.880. The van der Waals surface area contributed by atoms with Crippen LogP contribution in [0.15, 0.2) is 9.98 Å². The van der Waals surface area contributed by atoms with Gasteiger partial charge in [0, 0.05) is 23.1 Å². The Morgan fingerprint density at radius 2 is 2.28 bits per heavy atom. The molecule has 1 aliphatic rings. The average molecular weight is 272 g/mol. The number of carboxylic acids is 1. The van der Waals surface area contributed by atoms with Crippen molar-refractivity contribution in [2.45, 2.75) is 50.5 Å². The van der Waals surface area contributed by atoms with Gasteiger partial charge in [-0.2, -0.15) is 0 Å². The maximum atomic E-state index is 11.0. The van der Waals surface area contributed by atoms with Crippen LogP contribution >= 0.6 is 11.8 Å². The zero-order chi connectivity index (χ0) is 13.7. The summed E-state index contributed by atoms with van der Waals surface area (Å²) in [6, 6.07) is 0. The van der Waals surface area contributed by atoms with Gasteiger partial charge in [-0.3, -0.25) is 14.8 Å². The summed E-state index contributed by atoms with van der Waals surface area (Å²) in [5.41, 5.74) is 0.733. The Kier molecular flexibility index (Phi) is 5.81. The fourth-order valence-corrected chi connectivity index (χ4v) is 3.12. The van der Waals surface area contributed by atoms with E-state index >= 15 is 0 Å². The predicted octanol–water partition coefficient (Wildman–Crippen LogP) is 1.80. The molecule has 0 bridgehead atoms. The number of carboxylic acid groups (broad SMARTS) is 1. The summed E-state index contributed by atoms with van der Waals surface area (Å²) < 4.78 is 0. The van der Waals surface area contributed by atoms with Crippen LogP contribution in [-0.2, 0) is 4.79 Å². The SMILES string of the molecule is CCC(=NC(C)O)C(CC(=O)O)C1N=CC(C)S1. The van der Waals surface area contributed by atoms with E-state index in [4.69, 9.17) is 5.11 Å². The second-order valence-electron chi connectivity index (χ2n) is 4.34. The lowest BCUT2D eigenvalue weighted by Crippen LogP contribution is -2.27. The first-order valence-corrected chi connectivity index (χ1v) is 7.03. The molecule has 18 heavy (non-hydrogen) atoms. The number of aliphatic imine (C=N–C) groups is 2. The van der Waals surface area contributed by atoms with Gasteiger partial charge in [0.25, 0.3) is 0 Å². The lowest BCUT2D eigenvalue weighted by molar-refractivity contribution is -0.137. The number of thioether (sulfide) groups is 1. The summed E-state index contributed by atoms with van der Waals surface area (Å²) in [6.45, 7) is 5.52. The molecule has 0 radical (unpaired) electrons.